The second-order valence-electron chi connectivity index (χ2n) is 5.55. The van der Waals surface area contributed by atoms with Crippen molar-refractivity contribution in [3.8, 4) is 11.5 Å². The second kappa shape index (κ2) is 5.80. The van der Waals surface area contributed by atoms with Crippen LogP contribution < -0.4 is 15.2 Å². The zero-order chi connectivity index (χ0) is 13.9. The summed E-state index contributed by atoms with van der Waals surface area (Å²) in [5, 5.41) is 0. The molecule has 0 atom stereocenters. The van der Waals surface area contributed by atoms with Crippen molar-refractivity contribution in [3.63, 3.8) is 0 Å². The summed E-state index contributed by atoms with van der Waals surface area (Å²) in [5.74, 6) is 1.70. The third kappa shape index (κ3) is 3.39. The van der Waals surface area contributed by atoms with E-state index in [-0.39, 0.29) is 0 Å². The SMILES string of the molecule is COc1ccc(CN(C)CC2(CN)CC2)c(OC)c1. The normalized spacial score (nSPS) is 16.5. The van der Waals surface area contributed by atoms with Crippen LogP contribution in [0.5, 0.6) is 11.5 Å². The molecule has 1 aromatic carbocycles. The maximum atomic E-state index is 5.84. The van der Waals surface area contributed by atoms with E-state index in [1.54, 1.807) is 14.2 Å². The van der Waals surface area contributed by atoms with E-state index >= 15 is 0 Å². The predicted molar refractivity (Wildman–Crippen MR) is 76.6 cm³/mol. The van der Waals surface area contributed by atoms with Crippen LogP contribution in [0.4, 0.5) is 0 Å². The van der Waals surface area contributed by atoms with Crippen molar-refractivity contribution < 1.29 is 9.47 Å². The van der Waals surface area contributed by atoms with E-state index in [2.05, 4.69) is 18.0 Å². The van der Waals surface area contributed by atoms with Gasteiger partial charge in [-0.15, -0.1) is 0 Å². The highest BCUT2D eigenvalue weighted by atomic mass is 16.5. The zero-order valence-electron chi connectivity index (χ0n) is 12.1. The van der Waals surface area contributed by atoms with Crippen LogP contribution in [-0.4, -0.2) is 39.3 Å². The third-order valence-electron chi connectivity index (χ3n) is 3.93. The van der Waals surface area contributed by atoms with Crippen LogP contribution in [0.15, 0.2) is 18.2 Å². The first kappa shape index (κ1) is 14.2. The number of nitrogens with zero attached hydrogens (tertiary/aromatic N) is 1. The van der Waals surface area contributed by atoms with Gasteiger partial charge < -0.3 is 20.1 Å². The van der Waals surface area contributed by atoms with E-state index in [9.17, 15) is 0 Å². The molecule has 0 aliphatic heterocycles. The smallest absolute Gasteiger partial charge is 0.127 e. The minimum atomic E-state index is 0.369. The number of nitrogens with two attached hydrogens (primary N) is 1. The lowest BCUT2D eigenvalue weighted by molar-refractivity contribution is 0.255. The van der Waals surface area contributed by atoms with Crippen molar-refractivity contribution in [3.05, 3.63) is 23.8 Å². The van der Waals surface area contributed by atoms with E-state index < -0.39 is 0 Å². The van der Waals surface area contributed by atoms with Gasteiger partial charge in [0.25, 0.3) is 0 Å². The molecule has 19 heavy (non-hydrogen) atoms. The van der Waals surface area contributed by atoms with Crippen LogP contribution in [0.25, 0.3) is 0 Å². The molecule has 0 amide bonds. The van der Waals surface area contributed by atoms with Crippen molar-refractivity contribution >= 4 is 0 Å². The Hall–Kier alpha value is -1.26. The summed E-state index contributed by atoms with van der Waals surface area (Å²) in [4.78, 5) is 2.32. The van der Waals surface area contributed by atoms with Crippen molar-refractivity contribution in [1.82, 2.24) is 4.90 Å². The van der Waals surface area contributed by atoms with Crippen LogP contribution in [0.3, 0.4) is 0 Å². The summed E-state index contributed by atoms with van der Waals surface area (Å²) in [7, 11) is 5.50. The summed E-state index contributed by atoms with van der Waals surface area (Å²) in [6, 6.07) is 5.97. The largest absolute Gasteiger partial charge is 0.497 e. The Bertz CT molecular complexity index is 430. The number of rotatable bonds is 7. The van der Waals surface area contributed by atoms with Crippen molar-refractivity contribution in [2.45, 2.75) is 19.4 Å². The molecular formula is C15H24N2O2. The molecule has 1 aromatic rings. The van der Waals surface area contributed by atoms with Gasteiger partial charge in [0.2, 0.25) is 0 Å². The zero-order valence-corrected chi connectivity index (χ0v) is 12.1. The van der Waals surface area contributed by atoms with Crippen LogP contribution in [-0.2, 0) is 6.54 Å². The second-order valence-corrected chi connectivity index (χ2v) is 5.55. The highest BCUT2D eigenvalue weighted by molar-refractivity contribution is 5.40. The maximum Gasteiger partial charge on any atom is 0.127 e. The monoisotopic (exact) mass is 264 g/mol. The van der Waals surface area contributed by atoms with Gasteiger partial charge in [0, 0.05) is 24.7 Å². The lowest BCUT2D eigenvalue weighted by Crippen LogP contribution is -2.31. The van der Waals surface area contributed by atoms with Gasteiger partial charge in [0.15, 0.2) is 0 Å². The molecule has 2 rings (SSSR count). The van der Waals surface area contributed by atoms with Crippen molar-refractivity contribution in [2.24, 2.45) is 11.1 Å². The first-order chi connectivity index (χ1) is 9.12. The van der Waals surface area contributed by atoms with Gasteiger partial charge >= 0.3 is 0 Å². The maximum absolute atomic E-state index is 5.84. The fraction of sp³-hybridized carbons (Fsp3) is 0.600. The number of benzene rings is 1. The Kier molecular flexibility index (Phi) is 4.32. The first-order valence-corrected chi connectivity index (χ1v) is 6.72. The Morgan fingerprint density at radius 1 is 1.26 bits per heavy atom. The fourth-order valence-electron chi connectivity index (χ4n) is 2.51. The molecular weight excluding hydrogens is 240 g/mol. The lowest BCUT2D eigenvalue weighted by atomic mass is 10.1. The molecule has 1 aliphatic carbocycles. The van der Waals surface area contributed by atoms with Crippen LogP contribution >= 0.6 is 0 Å². The van der Waals surface area contributed by atoms with Gasteiger partial charge in [0.05, 0.1) is 14.2 Å². The van der Waals surface area contributed by atoms with Gasteiger partial charge in [0.1, 0.15) is 11.5 Å². The summed E-state index contributed by atoms with van der Waals surface area (Å²) in [6.07, 6.45) is 2.52. The van der Waals surface area contributed by atoms with Crippen molar-refractivity contribution in [1.29, 1.82) is 0 Å². The number of hydrogen-bond donors (Lipinski definition) is 1. The molecule has 1 fully saturated rings. The summed E-state index contributed by atoms with van der Waals surface area (Å²) in [6.45, 7) is 2.71. The minimum absolute atomic E-state index is 0.369. The van der Waals surface area contributed by atoms with Gasteiger partial charge in [-0.3, -0.25) is 0 Å². The molecule has 0 radical (unpaired) electrons. The van der Waals surface area contributed by atoms with Crippen LogP contribution in [0, 0.1) is 5.41 Å². The van der Waals surface area contributed by atoms with E-state index in [1.807, 2.05) is 12.1 Å². The van der Waals surface area contributed by atoms with Gasteiger partial charge in [-0.05, 0) is 37.9 Å². The number of methoxy groups -OCH3 is 2. The molecule has 4 nitrogen and oxygen atoms in total. The van der Waals surface area contributed by atoms with E-state index in [0.717, 1.165) is 31.1 Å². The molecule has 1 aliphatic rings. The molecule has 0 aromatic heterocycles. The van der Waals surface area contributed by atoms with E-state index in [4.69, 9.17) is 15.2 Å². The predicted octanol–water partition coefficient (Wildman–Crippen LogP) is 1.87. The van der Waals surface area contributed by atoms with E-state index in [1.165, 1.54) is 18.4 Å². The molecule has 2 N–H and O–H groups in total. The molecule has 0 spiro atoms. The fourth-order valence-corrected chi connectivity index (χ4v) is 2.51. The highest BCUT2D eigenvalue weighted by Crippen LogP contribution is 2.45. The van der Waals surface area contributed by atoms with E-state index in [0.29, 0.717) is 5.41 Å². The molecule has 106 valence electrons. The van der Waals surface area contributed by atoms with Gasteiger partial charge in [-0.2, -0.15) is 0 Å². The topological polar surface area (TPSA) is 47.7 Å². The molecule has 0 saturated heterocycles. The Morgan fingerprint density at radius 3 is 2.53 bits per heavy atom. The number of ether oxygens (including phenoxy) is 2. The average molecular weight is 264 g/mol. The molecule has 1 saturated carbocycles. The standard InChI is InChI=1S/C15H24N2O2/c1-17(11-15(10-16)6-7-15)9-12-4-5-13(18-2)8-14(12)19-3/h4-5,8H,6-7,9-11,16H2,1-3H3. The molecule has 4 heteroatoms. The first-order valence-electron chi connectivity index (χ1n) is 6.72. The quantitative estimate of drug-likeness (QED) is 0.817. The third-order valence-corrected chi connectivity index (χ3v) is 3.93. The molecule has 0 heterocycles. The molecule has 0 unspecified atom stereocenters. The highest BCUT2D eigenvalue weighted by Gasteiger charge is 2.41. The lowest BCUT2D eigenvalue weighted by Gasteiger charge is -2.23. The number of hydrogen-bond acceptors (Lipinski definition) is 4. The Morgan fingerprint density at radius 2 is 2.00 bits per heavy atom. The Labute approximate surface area is 115 Å². The minimum Gasteiger partial charge on any atom is -0.497 e. The van der Waals surface area contributed by atoms with Crippen LogP contribution in [0.2, 0.25) is 0 Å². The summed E-state index contributed by atoms with van der Waals surface area (Å²) >= 11 is 0. The van der Waals surface area contributed by atoms with Crippen molar-refractivity contribution in [2.75, 3.05) is 34.4 Å². The van der Waals surface area contributed by atoms with Gasteiger partial charge in [-0.1, -0.05) is 6.07 Å². The summed E-state index contributed by atoms with van der Waals surface area (Å²) in [5.41, 5.74) is 7.39. The van der Waals surface area contributed by atoms with Crippen LogP contribution in [0.1, 0.15) is 18.4 Å². The molecule has 0 bridgehead atoms. The Balaban J connectivity index is 2.01. The summed E-state index contributed by atoms with van der Waals surface area (Å²) < 4.78 is 10.6. The average Bonchev–Trinajstić information content (AvgIpc) is 3.19. The van der Waals surface area contributed by atoms with Gasteiger partial charge in [-0.25, -0.2) is 0 Å².